The standard InChI is InChI=1S/C13H19NO8/c1-4-19-9(15)7-8-10(12(16)20-5-2)14(18)22-11(8)13(17)21-6-3/h8,11H,4-7H2,1-3H3/t8-,11+/m1/s1. The molecule has 0 aliphatic carbocycles. The molecule has 9 heteroatoms. The van der Waals surface area contributed by atoms with E-state index in [1.165, 1.54) is 0 Å². The van der Waals surface area contributed by atoms with Crippen LogP contribution in [0.4, 0.5) is 0 Å². The van der Waals surface area contributed by atoms with Crippen LogP contribution in [0.2, 0.25) is 0 Å². The number of carbonyl (C=O) groups is 3. The second kappa shape index (κ2) is 8.20. The third-order valence-electron chi connectivity index (χ3n) is 2.82. The van der Waals surface area contributed by atoms with E-state index < -0.39 is 35.6 Å². The van der Waals surface area contributed by atoms with Crippen LogP contribution in [0.1, 0.15) is 27.2 Å². The summed E-state index contributed by atoms with van der Waals surface area (Å²) in [6.45, 7) is 4.99. The molecule has 0 saturated carbocycles. The van der Waals surface area contributed by atoms with Gasteiger partial charge in [-0.25, -0.2) is 4.79 Å². The van der Waals surface area contributed by atoms with Crippen LogP contribution >= 0.6 is 0 Å². The average molecular weight is 317 g/mol. The number of rotatable bonds is 7. The summed E-state index contributed by atoms with van der Waals surface area (Å²) in [5, 5.41) is 11.8. The van der Waals surface area contributed by atoms with E-state index in [0.29, 0.717) is 0 Å². The van der Waals surface area contributed by atoms with Gasteiger partial charge in [0, 0.05) is 0 Å². The van der Waals surface area contributed by atoms with Gasteiger partial charge in [-0.15, -0.1) is 0 Å². The van der Waals surface area contributed by atoms with E-state index in [2.05, 4.69) is 0 Å². The molecule has 0 bridgehead atoms. The van der Waals surface area contributed by atoms with Crippen LogP contribution in [0.15, 0.2) is 0 Å². The number of hydrogen-bond donors (Lipinski definition) is 0. The van der Waals surface area contributed by atoms with Gasteiger partial charge >= 0.3 is 23.6 Å². The van der Waals surface area contributed by atoms with E-state index in [0.717, 1.165) is 0 Å². The van der Waals surface area contributed by atoms with Crippen molar-refractivity contribution in [3.63, 3.8) is 0 Å². The van der Waals surface area contributed by atoms with Crippen LogP contribution < -0.4 is 0 Å². The van der Waals surface area contributed by atoms with Gasteiger partial charge in [0.2, 0.25) is 0 Å². The van der Waals surface area contributed by atoms with Gasteiger partial charge in [-0.1, -0.05) is 0 Å². The van der Waals surface area contributed by atoms with E-state index in [9.17, 15) is 19.6 Å². The lowest BCUT2D eigenvalue weighted by atomic mass is 9.93. The van der Waals surface area contributed by atoms with Crippen molar-refractivity contribution in [2.45, 2.75) is 33.3 Å². The zero-order valence-electron chi connectivity index (χ0n) is 12.7. The Hall–Kier alpha value is -2.32. The molecule has 0 unspecified atom stereocenters. The van der Waals surface area contributed by atoms with Gasteiger partial charge < -0.3 is 19.0 Å². The molecule has 0 aromatic carbocycles. The molecule has 1 rings (SSSR count). The highest BCUT2D eigenvalue weighted by atomic mass is 16.9. The summed E-state index contributed by atoms with van der Waals surface area (Å²) < 4.78 is 14.3. The minimum absolute atomic E-state index is 0.0341. The van der Waals surface area contributed by atoms with Crippen molar-refractivity contribution in [3.05, 3.63) is 5.21 Å². The predicted molar refractivity (Wildman–Crippen MR) is 71.5 cm³/mol. The number of hydrogen-bond acceptors (Lipinski definition) is 8. The molecule has 0 spiro atoms. The highest BCUT2D eigenvalue weighted by Gasteiger charge is 2.50. The average Bonchev–Trinajstić information content (AvgIpc) is 2.76. The fourth-order valence-electron chi connectivity index (χ4n) is 1.98. The van der Waals surface area contributed by atoms with Crippen molar-refractivity contribution in [2.75, 3.05) is 19.8 Å². The van der Waals surface area contributed by atoms with Crippen LogP contribution in [0.25, 0.3) is 0 Å². The van der Waals surface area contributed by atoms with Crippen molar-refractivity contribution in [1.29, 1.82) is 0 Å². The topological polar surface area (TPSA) is 114 Å². The summed E-state index contributed by atoms with van der Waals surface area (Å²) in [6, 6.07) is 0. The third-order valence-corrected chi connectivity index (χ3v) is 2.82. The maximum Gasteiger partial charge on any atom is 0.405 e. The van der Waals surface area contributed by atoms with Gasteiger partial charge in [0.1, 0.15) is 0 Å². The minimum atomic E-state index is -1.39. The summed E-state index contributed by atoms with van der Waals surface area (Å²) >= 11 is 0. The second-order valence-electron chi connectivity index (χ2n) is 4.26. The summed E-state index contributed by atoms with van der Waals surface area (Å²) in [5.74, 6) is -3.56. The van der Waals surface area contributed by atoms with Gasteiger partial charge in [0.05, 0.1) is 37.1 Å². The molecular weight excluding hydrogens is 298 g/mol. The molecule has 124 valence electrons. The zero-order chi connectivity index (χ0) is 16.7. The summed E-state index contributed by atoms with van der Waals surface area (Å²) in [7, 11) is 0. The van der Waals surface area contributed by atoms with Gasteiger partial charge in [-0.05, 0) is 20.8 Å². The second-order valence-corrected chi connectivity index (χ2v) is 4.26. The maximum absolute atomic E-state index is 11.8. The molecule has 0 N–H and O–H groups in total. The van der Waals surface area contributed by atoms with Crippen molar-refractivity contribution >= 4 is 23.6 Å². The third kappa shape index (κ3) is 4.09. The molecule has 0 amide bonds. The number of nitrogens with zero attached hydrogens (tertiary/aromatic N) is 1. The zero-order valence-corrected chi connectivity index (χ0v) is 12.7. The van der Waals surface area contributed by atoms with Gasteiger partial charge in [0.25, 0.3) is 0 Å². The Morgan fingerprint density at radius 1 is 1.09 bits per heavy atom. The van der Waals surface area contributed by atoms with Crippen LogP contribution in [-0.2, 0) is 33.4 Å². The molecule has 0 fully saturated rings. The Morgan fingerprint density at radius 2 is 1.68 bits per heavy atom. The molecule has 2 atom stereocenters. The Bertz CT molecular complexity index is 473. The highest BCUT2D eigenvalue weighted by molar-refractivity contribution is 6.36. The number of ether oxygens (including phenoxy) is 3. The van der Waals surface area contributed by atoms with Crippen molar-refractivity contribution in [2.24, 2.45) is 5.92 Å². The molecule has 22 heavy (non-hydrogen) atoms. The Labute approximate surface area is 127 Å². The lowest BCUT2D eigenvalue weighted by Gasteiger charge is -2.16. The Morgan fingerprint density at radius 3 is 2.23 bits per heavy atom. The lowest BCUT2D eigenvalue weighted by molar-refractivity contribution is -0.737. The summed E-state index contributed by atoms with van der Waals surface area (Å²) in [5.41, 5.74) is -0.451. The molecule has 1 heterocycles. The summed E-state index contributed by atoms with van der Waals surface area (Å²) in [4.78, 5) is 40.0. The SMILES string of the molecule is CCOC(=O)C[C@@H]1C(C(=O)OCC)=[N+]([O-])O[C@@H]1C(=O)OCC. The Kier molecular flexibility index (Phi) is 6.61. The summed E-state index contributed by atoms with van der Waals surface area (Å²) in [6.07, 6.45) is -1.76. The van der Waals surface area contributed by atoms with Gasteiger partial charge in [-0.3, -0.25) is 14.8 Å². The van der Waals surface area contributed by atoms with E-state index in [-0.39, 0.29) is 31.1 Å². The van der Waals surface area contributed by atoms with Crippen LogP contribution in [-0.4, -0.2) is 54.4 Å². The quantitative estimate of drug-likeness (QED) is 0.364. The molecule has 0 radical (unpaired) electrons. The fourth-order valence-corrected chi connectivity index (χ4v) is 1.98. The molecule has 1 aliphatic heterocycles. The van der Waals surface area contributed by atoms with Crippen molar-refractivity contribution in [1.82, 2.24) is 0 Å². The van der Waals surface area contributed by atoms with Gasteiger partial charge in [0.15, 0.2) is 6.10 Å². The van der Waals surface area contributed by atoms with Crippen LogP contribution in [0.3, 0.4) is 0 Å². The monoisotopic (exact) mass is 317 g/mol. The smallest absolute Gasteiger partial charge is 0.405 e. The number of carbonyl (C=O) groups excluding carboxylic acids is 3. The first-order valence-corrected chi connectivity index (χ1v) is 6.96. The van der Waals surface area contributed by atoms with E-state index >= 15 is 0 Å². The van der Waals surface area contributed by atoms with E-state index in [4.69, 9.17) is 19.0 Å². The van der Waals surface area contributed by atoms with Crippen molar-refractivity contribution < 1.29 is 38.3 Å². The molecule has 9 nitrogen and oxygen atoms in total. The van der Waals surface area contributed by atoms with Gasteiger partial charge in [-0.2, -0.15) is 0 Å². The fraction of sp³-hybridized carbons (Fsp3) is 0.692. The van der Waals surface area contributed by atoms with Crippen molar-refractivity contribution in [3.8, 4) is 0 Å². The highest BCUT2D eigenvalue weighted by Crippen LogP contribution is 2.24. The largest absolute Gasteiger partial charge is 0.466 e. The lowest BCUT2D eigenvalue weighted by Crippen LogP contribution is -2.37. The molecule has 1 aliphatic rings. The van der Waals surface area contributed by atoms with E-state index in [1.54, 1.807) is 20.8 Å². The molecular formula is C13H19NO8. The maximum atomic E-state index is 11.8. The van der Waals surface area contributed by atoms with Crippen LogP contribution in [0.5, 0.6) is 0 Å². The predicted octanol–water partition coefficient (Wildman–Crippen LogP) is -0.0529. The normalized spacial score (nSPS) is 20.3. The molecule has 0 aromatic heterocycles. The molecule has 0 aromatic rings. The minimum Gasteiger partial charge on any atom is -0.466 e. The first-order valence-electron chi connectivity index (χ1n) is 6.96. The molecule has 0 saturated heterocycles. The number of esters is 3. The van der Waals surface area contributed by atoms with E-state index in [1.807, 2.05) is 0 Å². The first-order chi connectivity index (χ1) is 10.5. The first kappa shape index (κ1) is 17.7. The van der Waals surface area contributed by atoms with Crippen LogP contribution in [0, 0.1) is 11.1 Å². The Balaban J connectivity index is 3.00.